The maximum atomic E-state index is 11.6. The summed E-state index contributed by atoms with van der Waals surface area (Å²) in [5, 5.41) is 7.47. The number of nitrogens with zero attached hydrogens (tertiary/aromatic N) is 2. The van der Waals surface area contributed by atoms with Gasteiger partial charge in [0.25, 0.3) is 0 Å². The van der Waals surface area contributed by atoms with Crippen molar-refractivity contribution in [3.8, 4) is 0 Å². The van der Waals surface area contributed by atoms with E-state index in [0.717, 1.165) is 22.5 Å². The fourth-order valence-electron chi connectivity index (χ4n) is 1.93. The number of benzene rings is 1. The van der Waals surface area contributed by atoms with E-state index in [2.05, 4.69) is 10.4 Å². The molecule has 0 unspecified atom stereocenters. The fraction of sp³-hybridized carbons (Fsp3) is 0.357. The Morgan fingerprint density at radius 3 is 2.55 bits per heavy atom. The molecule has 1 heterocycles. The van der Waals surface area contributed by atoms with Crippen molar-refractivity contribution in [2.75, 3.05) is 11.6 Å². The van der Waals surface area contributed by atoms with Gasteiger partial charge in [-0.1, -0.05) is 6.07 Å². The van der Waals surface area contributed by atoms with E-state index in [1.54, 1.807) is 12.1 Å². The minimum absolute atomic E-state index is 0.327. The second kappa shape index (κ2) is 5.28. The highest BCUT2D eigenvalue weighted by atomic mass is 32.2. The largest absolute Gasteiger partial charge is 0.381 e. The molecule has 5 nitrogen and oxygen atoms in total. The van der Waals surface area contributed by atoms with Gasteiger partial charge in [-0.05, 0) is 31.5 Å². The summed E-state index contributed by atoms with van der Waals surface area (Å²) in [6.45, 7) is 4.57. The molecular weight excluding hydrogens is 274 g/mol. The van der Waals surface area contributed by atoms with Crippen molar-refractivity contribution in [1.82, 2.24) is 9.78 Å². The van der Waals surface area contributed by atoms with Gasteiger partial charge in [0.2, 0.25) is 0 Å². The van der Waals surface area contributed by atoms with Crippen LogP contribution >= 0.6 is 0 Å². The second-order valence-electron chi connectivity index (χ2n) is 4.98. The lowest BCUT2D eigenvalue weighted by Crippen LogP contribution is -2.04. The topological polar surface area (TPSA) is 64.0 Å². The Morgan fingerprint density at radius 2 is 2.00 bits per heavy atom. The van der Waals surface area contributed by atoms with Gasteiger partial charge in [-0.2, -0.15) is 5.10 Å². The molecule has 0 atom stereocenters. The molecule has 108 valence electrons. The van der Waals surface area contributed by atoms with Crippen LogP contribution in [0.3, 0.4) is 0 Å². The van der Waals surface area contributed by atoms with Crippen molar-refractivity contribution in [3.63, 3.8) is 0 Å². The third-order valence-electron chi connectivity index (χ3n) is 3.44. The molecule has 2 aromatic rings. The van der Waals surface area contributed by atoms with Crippen LogP contribution in [0.1, 0.15) is 16.8 Å². The summed E-state index contributed by atoms with van der Waals surface area (Å²) >= 11 is 0. The van der Waals surface area contributed by atoms with E-state index in [1.807, 2.05) is 37.8 Å². The van der Waals surface area contributed by atoms with Crippen molar-refractivity contribution in [2.24, 2.45) is 7.05 Å². The highest BCUT2D eigenvalue weighted by Crippen LogP contribution is 2.21. The molecule has 0 spiro atoms. The third-order valence-corrected chi connectivity index (χ3v) is 4.55. The summed E-state index contributed by atoms with van der Waals surface area (Å²) in [5.74, 6) is 0. The van der Waals surface area contributed by atoms with E-state index >= 15 is 0 Å². The molecule has 0 amide bonds. The van der Waals surface area contributed by atoms with Gasteiger partial charge in [-0.15, -0.1) is 0 Å². The van der Waals surface area contributed by atoms with Crippen LogP contribution in [0.15, 0.2) is 29.3 Å². The molecule has 1 aromatic heterocycles. The van der Waals surface area contributed by atoms with E-state index in [-0.39, 0.29) is 0 Å². The van der Waals surface area contributed by atoms with Crippen LogP contribution in [-0.4, -0.2) is 24.5 Å². The summed E-state index contributed by atoms with van der Waals surface area (Å²) in [5.41, 5.74) is 4.03. The Kier molecular flexibility index (Phi) is 3.85. The molecule has 0 saturated heterocycles. The van der Waals surface area contributed by atoms with Crippen molar-refractivity contribution < 1.29 is 8.42 Å². The Bertz CT molecular complexity index is 733. The number of rotatable bonds is 4. The summed E-state index contributed by atoms with van der Waals surface area (Å²) in [4.78, 5) is 0.327. The molecule has 6 heteroatoms. The first-order valence-electron chi connectivity index (χ1n) is 6.31. The summed E-state index contributed by atoms with van der Waals surface area (Å²) < 4.78 is 25.0. The summed E-state index contributed by atoms with van der Waals surface area (Å²) in [6.07, 6.45) is 3.03. The maximum absolute atomic E-state index is 11.6. The molecule has 1 aromatic carbocycles. The number of hydrogen-bond acceptors (Lipinski definition) is 4. The van der Waals surface area contributed by atoms with Gasteiger partial charge in [0, 0.05) is 36.8 Å². The molecule has 0 aliphatic carbocycles. The predicted octanol–water partition coefficient (Wildman–Crippen LogP) is 2.05. The fourth-order valence-corrected chi connectivity index (χ4v) is 2.58. The standard InChI is InChI=1S/C14H19N3O2S/c1-10-5-6-13(20(4,18)19)7-14(10)15-8-12-9-16-17(3)11(12)2/h5-7,9,15H,8H2,1-4H3. The lowest BCUT2D eigenvalue weighted by atomic mass is 10.2. The molecule has 1 N–H and O–H groups in total. The molecule has 0 aliphatic heterocycles. The van der Waals surface area contributed by atoms with Crippen LogP contribution < -0.4 is 5.32 Å². The van der Waals surface area contributed by atoms with E-state index < -0.39 is 9.84 Å². The molecular formula is C14H19N3O2S. The number of nitrogens with one attached hydrogen (secondary N) is 1. The van der Waals surface area contributed by atoms with Crippen LogP contribution in [-0.2, 0) is 23.4 Å². The predicted molar refractivity (Wildman–Crippen MR) is 79.6 cm³/mol. The minimum Gasteiger partial charge on any atom is -0.381 e. The average Bonchev–Trinajstić information content (AvgIpc) is 2.68. The van der Waals surface area contributed by atoms with Crippen LogP contribution in [0.4, 0.5) is 5.69 Å². The SMILES string of the molecule is Cc1ccc(S(C)(=O)=O)cc1NCc1cnn(C)c1C. The van der Waals surface area contributed by atoms with Gasteiger partial charge in [0.15, 0.2) is 9.84 Å². The van der Waals surface area contributed by atoms with Gasteiger partial charge in [0.1, 0.15) is 0 Å². The van der Waals surface area contributed by atoms with Gasteiger partial charge in [-0.3, -0.25) is 4.68 Å². The zero-order valence-corrected chi connectivity index (χ0v) is 13.0. The van der Waals surface area contributed by atoms with Gasteiger partial charge in [0.05, 0.1) is 11.1 Å². The first-order valence-corrected chi connectivity index (χ1v) is 8.20. The quantitative estimate of drug-likeness (QED) is 0.937. The Hall–Kier alpha value is -1.82. The lowest BCUT2D eigenvalue weighted by Gasteiger charge is -2.11. The van der Waals surface area contributed by atoms with E-state index in [1.165, 1.54) is 6.26 Å². The van der Waals surface area contributed by atoms with Gasteiger partial charge >= 0.3 is 0 Å². The van der Waals surface area contributed by atoms with E-state index in [4.69, 9.17) is 0 Å². The highest BCUT2D eigenvalue weighted by molar-refractivity contribution is 7.90. The van der Waals surface area contributed by atoms with Crippen molar-refractivity contribution in [1.29, 1.82) is 0 Å². The first-order chi connectivity index (χ1) is 9.29. The molecule has 0 saturated carbocycles. The van der Waals surface area contributed by atoms with Crippen LogP contribution in [0.5, 0.6) is 0 Å². The second-order valence-corrected chi connectivity index (χ2v) is 7.00. The molecule has 0 aliphatic rings. The molecule has 0 fully saturated rings. The number of aryl methyl sites for hydroxylation is 2. The van der Waals surface area contributed by atoms with Gasteiger partial charge in [-0.25, -0.2) is 8.42 Å². The zero-order valence-electron chi connectivity index (χ0n) is 12.1. The molecule has 0 radical (unpaired) electrons. The monoisotopic (exact) mass is 293 g/mol. The Balaban J connectivity index is 2.23. The highest BCUT2D eigenvalue weighted by Gasteiger charge is 2.10. The minimum atomic E-state index is -3.19. The molecule has 0 bridgehead atoms. The maximum Gasteiger partial charge on any atom is 0.175 e. The zero-order chi connectivity index (χ0) is 14.9. The normalized spacial score (nSPS) is 11.6. The summed E-state index contributed by atoms with van der Waals surface area (Å²) in [7, 11) is -1.29. The third kappa shape index (κ3) is 3.01. The smallest absolute Gasteiger partial charge is 0.175 e. The van der Waals surface area contributed by atoms with Crippen molar-refractivity contribution in [2.45, 2.75) is 25.3 Å². The van der Waals surface area contributed by atoms with Crippen LogP contribution in [0.25, 0.3) is 0 Å². The Labute approximate surface area is 119 Å². The first kappa shape index (κ1) is 14.6. The van der Waals surface area contributed by atoms with E-state index in [0.29, 0.717) is 11.4 Å². The average molecular weight is 293 g/mol. The van der Waals surface area contributed by atoms with E-state index in [9.17, 15) is 8.42 Å². The summed E-state index contributed by atoms with van der Waals surface area (Å²) in [6, 6.07) is 5.12. The lowest BCUT2D eigenvalue weighted by molar-refractivity contribution is 0.602. The van der Waals surface area contributed by atoms with Crippen molar-refractivity contribution >= 4 is 15.5 Å². The van der Waals surface area contributed by atoms with Crippen molar-refractivity contribution in [3.05, 3.63) is 41.2 Å². The van der Waals surface area contributed by atoms with Crippen LogP contribution in [0.2, 0.25) is 0 Å². The number of sulfone groups is 1. The number of hydrogen-bond donors (Lipinski definition) is 1. The Morgan fingerprint density at radius 1 is 1.30 bits per heavy atom. The van der Waals surface area contributed by atoms with Crippen LogP contribution in [0, 0.1) is 13.8 Å². The van der Waals surface area contributed by atoms with Gasteiger partial charge < -0.3 is 5.32 Å². The number of anilines is 1. The molecule has 20 heavy (non-hydrogen) atoms. The number of aromatic nitrogens is 2. The molecule has 2 rings (SSSR count).